The first kappa shape index (κ1) is 37.5. The summed E-state index contributed by atoms with van der Waals surface area (Å²) in [5.41, 5.74) is 7.21. The highest BCUT2D eigenvalue weighted by Gasteiger charge is 2.42. The van der Waals surface area contributed by atoms with E-state index in [1.807, 2.05) is 12.1 Å². The number of ether oxygens (including phenoxy) is 3. The molecule has 3 aromatic carbocycles. The van der Waals surface area contributed by atoms with Crippen molar-refractivity contribution in [2.45, 2.75) is 68.9 Å². The Hall–Kier alpha value is -6.38. The minimum atomic E-state index is -0.656. The van der Waals surface area contributed by atoms with E-state index in [0.29, 0.717) is 18.9 Å². The van der Waals surface area contributed by atoms with Gasteiger partial charge in [0.1, 0.15) is 30.5 Å². The van der Waals surface area contributed by atoms with Crippen LogP contribution in [0.4, 0.5) is 9.59 Å². The molecule has 0 unspecified atom stereocenters. The fourth-order valence-electron chi connectivity index (χ4n) is 8.46. The molecule has 2 saturated carbocycles. The zero-order chi connectivity index (χ0) is 39.6. The second-order valence-corrected chi connectivity index (χ2v) is 15.0. The van der Waals surface area contributed by atoms with Crippen molar-refractivity contribution >= 4 is 35.0 Å². The van der Waals surface area contributed by atoms with Crippen molar-refractivity contribution in [3.8, 4) is 39.3 Å². The number of carbonyl (C=O) groups is 4. The summed E-state index contributed by atoms with van der Waals surface area (Å²) in [7, 11) is 2.52. The molecule has 15 heteroatoms. The number of H-pyrrole nitrogens is 2. The van der Waals surface area contributed by atoms with Crippen LogP contribution in [0.25, 0.3) is 44.5 Å². The van der Waals surface area contributed by atoms with Gasteiger partial charge in [0.05, 0.1) is 48.6 Å². The lowest BCUT2D eigenvalue weighted by Crippen LogP contribution is -2.48. The normalized spacial score (nSPS) is 16.4. The minimum Gasteiger partial charge on any atom is -0.492 e. The average molecular weight is 775 g/mol. The molecule has 0 radical (unpaired) electrons. The average Bonchev–Trinajstić information content (AvgIpc) is 4.05. The fourth-order valence-corrected chi connectivity index (χ4v) is 8.46. The van der Waals surface area contributed by atoms with Gasteiger partial charge in [0, 0.05) is 17.7 Å². The lowest BCUT2D eigenvalue weighted by molar-refractivity contribution is -0.123. The van der Waals surface area contributed by atoms with E-state index in [-0.39, 0.29) is 24.9 Å². The Kier molecular flexibility index (Phi) is 10.3. The second-order valence-electron chi connectivity index (χ2n) is 15.0. The van der Waals surface area contributed by atoms with Crippen LogP contribution in [-0.2, 0) is 36.6 Å². The van der Waals surface area contributed by atoms with E-state index in [9.17, 15) is 19.2 Å². The second kappa shape index (κ2) is 15.6. The number of imidazole rings is 2. The van der Waals surface area contributed by atoms with Crippen LogP contribution >= 0.6 is 0 Å². The molecule has 4 amide bonds. The number of alkyl carbamates (subject to hydrolysis) is 2. The van der Waals surface area contributed by atoms with Gasteiger partial charge in [-0.25, -0.2) is 19.6 Å². The molecule has 2 fully saturated rings. The quantitative estimate of drug-likeness (QED) is 0.103. The Labute approximate surface area is 329 Å². The van der Waals surface area contributed by atoms with E-state index in [1.165, 1.54) is 14.2 Å². The number of aromatic nitrogens is 4. The van der Waals surface area contributed by atoms with Gasteiger partial charge in [0.2, 0.25) is 11.8 Å². The summed E-state index contributed by atoms with van der Waals surface area (Å²) in [6.45, 7) is 0.117. The van der Waals surface area contributed by atoms with Gasteiger partial charge in [-0.2, -0.15) is 0 Å². The Morgan fingerprint density at radius 1 is 0.684 bits per heavy atom. The summed E-state index contributed by atoms with van der Waals surface area (Å²) in [5, 5.41) is 11.2. The fraction of sp³-hybridized carbons (Fsp3) is 0.381. The zero-order valence-corrected chi connectivity index (χ0v) is 32.0. The summed E-state index contributed by atoms with van der Waals surface area (Å²) in [4.78, 5) is 65.7. The first-order valence-corrected chi connectivity index (χ1v) is 19.4. The first-order valence-electron chi connectivity index (χ1n) is 19.4. The third kappa shape index (κ3) is 7.61. The van der Waals surface area contributed by atoms with Gasteiger partial charge in [-0.1, -0.05) is 62.1 Å². The van der Waals surface area contributed by atoms with Gasteiger partial charge < -0.3 is 45.4 Å². The van der Waals surface area contributed by atoms with Gasteiger partial charge in [0.25, 0.3) is 0 Å². The third-order valence-corrected chi connectivity index (χ3v) is 11.4. The molecule has 3 aliphatic rings. The highest BCUT2D eigenvalue weighted by atomic mass is 16.5. The van der Waals surface area contributed by atoms with Gasteiger partial charge in [-0.15, -0.1) is 0 Å². The van der Waals surface area contributed by atoms with Gasteiger partial charge in [0.15, 0.2) is 0 Å². The van der Waals surface area contributed by atoms with Gasteiger partial charge >= 0.3 is 12.2 Å². The van der Waals surface area contributed by atoms with E-state index in [2.05, 4.69) is 89.2 Å². The maximum Gasteiger partial charge on any atom is 0.407 e. The van der Waals surface area contributed by atoms with Crippen LogP contribution in [0.15, 0.2) is 60.7 Å². The molecule has 3 heterocycles. The lowest BCUT2D eigenvalue weighted by Gasteiger charge is -2.28. The summed E-state index contributed by atoms with van der Waals surface area (Å²) >= 11 is 0. The number of aromatic amines is 2. The molecule has 6 N–H and O–H groups in total. The Bertz CT molecular complexity index is 2320. The summed E-state index contributed by atoms with van der Waals surface area (Å²) in [6.07, 6.45) is 6.16. The largest absolute Gasteiger partial charge is 0.492 e. The van der Waals surface area contributed by atoms with Crippen LogP contribution in [0.5, 0.6) is 5.75 Å². The molecule has 2 aromatic heterocycles. The number of methoxy groups -OCH3 is 2. The number of hydrogen-bond donors (Lipinski definition) is 6. The number of rotatable bonds is 10. The topological polar surface area (TPSA) is 201 Å². The maximum absolute atomic E-state index is 12.9. The first-order chi connectivity index (χ1) is 27.7. The molecule has 15 nitrogen and oxygen atoms in total. The molecule has 57 heavy (non-hydrogen) atoms. The summed E-state index contributed by atoms with van der Waals surface area (Å²) < 4.78 is 15.5. The number of nitrogens with zero attached hydrogens (tertiary/aromatic N) is 2. The summed E-state index contributed by atoms with van der Waals surface area (Å²) in [5.74, 6) is 1.59. The van der Waals surface area contributed by atoms with E-state index in [0.717, 1.165) is 113 Å². The van der Waals surface area contributed by atoms with Crippen molar-refractivity contribution in [1.29, 1.82) is 0 Å². The minimum absolute atomic E-state index is 0.178. The number of hydrogen-bond acceptors (Lipinski definition) is 9. The number of nitrogens with one attached hydrogen (secondary N) is 6. The smallest absolute Gasteiger partial charge is 0.407 e. The van der Waals surface area contributed by atoms with Crippen LogP contribution in [0, 0.1) is 0 Å². The molecule has 5 aromatic rings. The Morgan fingerprint density at radius 2 is 1.21 bits per heavy atom. The van der Waals surface area contributed by atoms with Crippen molar-refractivity contribution in [2.24, 2.45) is 0 Å². The Morgan fingerprint density at radius 3 is 1.79 bits per heavy atom. The van der Waals surface area contributed by atoms with E-state index < -0.39 is 23.3 Å². The van der Waals surface area contributed by atoms with Crippen molar-refractivity contribution < 1.29 is 33.4 Å². The molecule has 296 valence electrons. The van der Waals surface area contributed by atoms with Crippen LogP contribution in [0.2, 0.25) is 0 Å². The number of amides is 4. The number of carbonyl (C=O) groups excluding carboxylic acids is 4. The Balaban J connectivity index is 0.993. The van der Waals surface area contributed by atoms with Gasteiger partial charge in [-0.05, 0) is 72.2 Å². The third-order valence-electron chi connectivity index (χ3n) is 11.4. The predicted octanol–water partition coefficient (Wildman–Crippen LogP) is 5.70. The van der Waals surface area contributed by atoms with Crippen LogP contribution in [0.1, 0.15) is 68.7 Å². The lowest BCUT2D eigenvalue weighted by atomic mass is 9.96. The molecule has 2 aliphatic carbocycles. The molecule has 0 saturated heterocycles. The zero-order valence-electron chi connectivity index (χ0n) is 32.0. The van der Waals surface area contributed by atoms with Crippen LogP contribution < -0.4 is 26.0 Å². The highest BCUT2D eigenvalue weighted by Crippen LogP contribution is 2.43. The van der Waals surface area contributed by atoms with Crippen molar-refractivity contribution in [1.82, 2.24) is 41.2 Å². The SMILES string of the molecule is COC(=O)NCC(=O)NC1(c2nc3c([nH]2)CCOc2cc(-c4ccc(-c5ccc6nc(C7(NC(=O)CNC(=O)OC)CCCC7)[nH]c6c5)cc4)ccc2-3)CCCC1. The summed E-state index contributed by atoms with van der Waals surface area (Å²) in [6, 6.07) is 20.7. The molecule has 0 atom stereocenters. The maximum atomic E-state index is 12.9. The molecule has 8 rings (SSSR count). The molecule has 1 aliphatic heterocycles. The number of fused-ring (bicyclic) bond motifs is 4. The van der Waals surface area contributed by atoms with Gasteiger partial charge in [-0.3, -0.25) is 9.59 Å². The van der Waals surface area contributed by atoms with Crippen molar-refractivity contribution in [3.63, 3.8) is 0 Å². The van der Waals surface area contributed by atoms with Crippen molar-refractivity contribution in [3.05, 3.63) is 78.0 Å². The highest BCUT2D eigenvalue weighted by molar-refractivity contribution is 5.85. The van der Waals surface area contributed by atoms with E-state index >= 15 is 0 Å². The van der Waals surface area contributed by atoms with E-state index in [4.69, 9.17) is 14.7 Å². The monoisotopic (exact) mass is 774 g/mol. The standard InChI is InChI=1S/C42H46N8O7/c1-55-39(53)43-23-34(51)49-41(16-3-4-17-41)37-45-30-14-12-27(21-32(30)47-37)25-7-9-26(10-8-25)28-11-13-29-33(22-28)57-20-15-31-36(29)48-38(46-31)42(18-5-6-19-42)50-35(52)24-44-40(54)56-2/h7-14,21-22H,3-6,15-20,23-24H2,1-2H3,(H,43,53)(H,44,54)(H,45,47)(H,46,48)(H,49,51)(H,50,52). The molecule has 0 spiro atoms. The van der Waals surface area contributed by atoms with Crippen LogP contribution in [-0.4, -0.2) is 77.9 Å². The van der Waals surface area contributed by atoms with Crippen molar-refractivity contribution in [2.75, 3.05) is 33.9 Å². The predicted molar refractivity (Wildman–Crippen MR) is 211 cm³/mol. The molecule has 0 bridgehead atoms. The molecular weight excluding hydrogens is 729 g/mol. The van der Waals surface area contributed by atoms with E-state index in [1.54, 1.807) is 0 Å². The molecular formula is C42H46N8O7. The van der Waals surface area contributed by atoms with Crippen LogP contribution in [0.3, 0.4) is 0 Å². The number of benzene rings is 3.